The Morgan fingerprint density at radius 1 is 0.952 bits per heavy atom. The van der Waals surface area contributed by atoms with Gasteiger partial charge in [0, 0.05) is 18.8 Å². The van der Waals surface area contributed by atoms with Crippen LogP contribution in [0.2, 0.25) is 0 Å². The Bertz CT molecular complexity index is 423. The van der Waals surface area contributed by atoms with E-state index in [1.807, 2.05) is 18.2 Å². The molecule has 1 aromatic carbocycles. The van der Waals surface area contributed by atoms with Crippen LogP contribution in [0.4, 0.5) is 10.5 Å². The molecule has 6 nitrogen and oxygen atoms in total. The molecule has 3 amide bonds. The second-order valence-electron chi connectivity index (χ2n) is 4.66. The maximum absolute atomic E-state index is 11.5. The molecule has 0 radical (unpaired) electrons. The van der Waals surface area contributed by atoms with Crippen LogP contribution in [-0.2, 0) is 4.79 Å². The SMILES string of the molecule is O=C(CNC(=O)Nc1ccccc1)NCCCCCCO. The molecule has 4 N–H and O–H groups in total. The van der Waals surface area contributed by atoms with Crippen molar-refractivity contribution in [2.24, 2.45) is 0 Å². The molecule has 0 heterocycles. The van der Waals surface area contributed by atoms with Crippen LogP contribution in [0.1, 0.15) is 25.7 Å². The van der Waals surface area contributed by atoms with Crippen molar-refractivity contribution in [2.45, 2.75) is 25.7 Å². The fraction of sp³-hybridized carbons (Fsp3) is 0.467. The van der Waals surface area contributed by atoms with E-state index in [-0.39, 0.29) is 19.1 Å². The number of anilines is 1. The van der Waals surface area contributed by atoms with Crippen LogP contribution in [0.15, 0.2) is 30.3 Å². The highest BCUT2D eigenvalue weighted by atomic mass is 16.3. The zero-order chi connectivity index (χ0) is 15.3. The normalized spacial score (nSPS) is 9.95. The lowest BCUT2D eigenvalue weighted by Crippen LogP contribution is -2.39. The van der Waals surface area contributed by atoms with E-state index in [9.17, 15) is 9.59 Å². The van der Waals surface area contributed by atoms with Crippen LogP contribution in [0.5, 0.6) is 0 Å². The second-order valence-corrected chi connectivity index (χ2v) is 4.66. The van der Waals surface area contributed by atoms with E-state index in [0.29, 0.717) is 12.2 Å². The number of amides is 3. The zero-order valence-corrected chi connectivity index (χ0v) is 12.1. The highest BCUT2D eigenvalue weighted by molar-refractivity contribution is 5.92. The first-order valence-electron chi connectivity index (χ1n) is 7.20. The number of hydrogen-bond donors (Lipinski definition) is 4. The number of aliphatic hydroxyl groups excluding tert-OH is 1. The molecule has 1 rings (SSSR count). The van der Waals surface area contributed by atoms with Gasteiger partial charge in [0.25, 0.3) is 0 Å². The number of aliphatic hydroxyl groups is 1. The van der Waals surface area contributed by atoms with Gasteiger partial charge in [0.2, 0.25) is 5.91 Å². The standard InChI is InChI=1S/C15H23N3O3/c19-11-7-2-1-6-10-16-14(20)12-17-15(21)18-13-8-4-3-5-9-13/h3-5,8-9,19H,1-2,6-7,10-12H2,(H,16,20)(H2,17,18,21). The number of nitrogens with one attached hydrogen (secondary N) is 3. The predicted molar refractivity (Wildman–Crippen MR) is 82.0 cm³/mol. The minimum absolute atomic E-state index is 0.0463. The highest BCUT2D eigenvalue weighted by Gasteiger charge is 2.04. The van der Waals surface area contributed by atoms with Crippen molar-refractivity contribution in [3.63, 3.8) is 0 Å². The largest absolute Gasteiger partial charge is 0.396 e. The van der Waals surface area contributed by atoms with Crippen molar-refractivity contribution >= 4 is 17.6 Å². The monoisotopic (exact) mass is 293 g/mol. The fourth-order valence-electron chi connectivity index (χ4n) is 1.74. The number of rotatable bonds is 9. The summed E-state index contributed by atoms with van der Waals surface area (Å²) in [5.41, 5.74) is 0.680. The van der Waals surface area contributed by atoms with Crippen molar-refractivity contribution in [3.05, 3.63) is 30.3 Å². The Kier molecular flexibility index (Phi) is 8.63. The van der Waals surface area contributed by atoms with E-state index in [4.69, 9.17) is 5.11 Å². The predicted octanol–water partition coefficient (Wildman–Crippen LogP) is 1.48. The molecule has 116 valence electrons. The maximum atomic E-state index is 11.5. The van der Waals surface area contributed by atoms with E-state index in [1.54, 1.807) is 12.1 Å². The Morgan fingerprint density at radius 3 is 2.38 bits per heavy atom. The summed E-state index contributed by atoms with van der Waals surface area (Å²) in [6.45, 7) is 0.758. The molecule has 0 saturated carbocycles. The van der Waals surface area contributed by atoms with Crippen LogP contribution in [0.3, 0.4) is 0 Å². The molecule has 0 bridgehead atoms. The molecular weight excluding hydrogens is 270 g/mol. The first kappa shape index (κ1) is 17.0. The van der Waals surface area contributed by atoms with Gasteiger partial charge in [-0.05, 0) is 25.0 Å². The Balaban J connectivity index is 2.05. The molecule has 0 aliphatic rings. The number of unbranched alkanes of at least 4 members (excludes halogenated alkanes) is 3. The number of carbonyl (C=O) groups excluding carboxylic acids is 2. The van der Waals surface area contributed by atoms with Crippen molar-refractivity contribution in [1.82, 2.24) is 10.6 Å². The fourth-order valence-corrected chi connectivity index (χ4v) is 1.74. The van der Waals surface area contributed by atoms with Crippen molar-refractivity contribution in [1.29, 1.82) is 0 Å². The highest BCUT2D eigenvalue weighted by Crippen LogP contribution is 2.03. The average molecular weight is 293 g/mol. The van der Waals surface area contributed by atoms with Crippen LogP contribution in [0.25, 0.3) is 0 Å². The summed E-state index contributed by atoms with van der Waals surface area (Å²) < 4.78 is 0. The van der Waals surface area contributed by atoms with E-state index in [0.717, 1.165) is 25.7 Å². The van der Waals surface area contributed by atoms with Gasteiger partial charge >= 0.3 is 6.03 Å². The Hall–Kier alpha value is -2.08. The third-order valence-electron chi connectivity index (χ3n) is 2.85. The van der Waals surface area contributed by atoms with Crippen molar-refractivity contribution in [3.8, 4) is 0 Å². The molecule has 0 saturated heterocycles. The number of para-hydroxylation sites is 1. The third kappa shape index (κ3) is 8.65. The molecule has 0 atom stereocenters. The average Bonchev–Trinajstić information content (AvgIpc) is 2.50. The molecule has 0 spiro atoms. The minimum Gasteiger partial charge on any atom is -0.396 e. The van der Waals surface area contributed by atoms with Gasteiger partial charge in [-0.3, -0.25) is 4.79 Å². The van der Waals surface area contributed by atoms with Gasteiger partial charge in [-0.25, -0.2) is 4.79 Å². The molecule has 0 aliphatic carbocycles. The maximum Gasteiger partial charge on any atom is 0.319 e. The summed E-state index contributed by atoms with van der Waals surface area (Å²) in [7, 11) is 0. The number of benzene rings is 1. The van der Waals surface area contributed by atoms with Crippen molar-refractivity contribution in [2.75, 3.05) is 25.0 Å². The van der Waals surface area contributed by atoms with Gasteiger partial charge in [-0.15, -0.1) is 0 Å². The summed E-state index contributed by atoms with van der Waals surface area (Å²) in [5.74, 6) is -0.208. The molecule has 21 heavy (non-hydrogen) atoms. The van der Waals surface area contributed by atoms with Crippen LogP contribution in [0, 0.1) is 0 Å². The van der Waals surface area contributed by atoms with Crippen LogP contribution < -0.4 is 16.0 Å². The summed E-state index contributed by atoms with van der Waals surface area (Å²) in [6, 6.07) is 8.63. The number of urea groups is 1. The Labute approximate surface area is 124 Å². The first-order valence-corrected chi connectivity index (χ1v) is 7.20. The van der Waals surface area contributed by atoms with E-state index < -0.39 is 6.03 Å². The lowest BCUT2D eigenvalue weighted by atomic mass is 10.2. The van der Waals surface area contributed by atoms with Gasteiger partial charge in [-0.2, -0.15) is 0 Å². The summed E-state index contributed by atoms with van der Waals surface area (Å²) in [5, 5.41) is 16.5. The van der Waals surface area contributed by atoms with Crippen molar-refractivity contribution < 1.29 is 14.7 Å². The molecule has 0 unspecified atom stereocenters. The summed E-state index contributed by atoms with van der Waals surface area (Å²) in [6.07, 6.45) is 3.62. The molecule has 0 aliphatic heterocycles. The van der Waals surface area contributed by atoms with Gasteiger partial charge in [0.1, 0.15) is 0 Å². The minimum atomic E-state index is -0.403. The molecule has 6 heteroatoms. The smallest absolute Gasteiger partial charge is 0.319 e. The molecular formula is C15H23N3O3. The number of carbonyl (C=O) groups is 2. The lowest BCUT2D eigenvalue weighted by molar-refractivity contribution is -0.120. The van der Waals surface area contributed by atoms with E-state index in [1.165, 1.54) is 0 Å². The topological polar surface area (TPSA) is 90.5 Å². The van der Waals surface area contributed by atoms with Gasteiger partial charge < -0.3 is 21.1 Å². The van der Waals surface area contributed by atoms with Gasteiger partial charge in [0.15, 0.2) is 0 Å². The summed E-state index contributed by atoms with van der Waals surface area (Å²) >= 11 is 0. The third-order valence-corrected chi connectivity index (χ3v) is 2.85. The summed E-state index contributed by atoms with van der Waals surface area (Å²) in [4.78, 5) is 23.0. The first-order chi connectivity index (χ1) is 10.2. The van der Waals surface area contributed by atoms with Gasteiger partial charge in [0.05, 0.1) is 6.54 Å². The van der Waals surface area contributed by atoms with E-state index >= 15 is 0 Å². The van der Waals surface area contributed by atoms with Crippen LogP contribution in [-0.4, -0.2) is 36.7 Å². The van der Waals surface area contributed by atoms with Crippen LogP contribution >= 0.6 is 0 Å². The molecule has 0 fully saturated rings. The zero-order valence-electron chi connectivity index (χ0n) is 12.1. The lowest BCUT2D eigenvalue weighted by Gasteiger charge is -2.08. The van der Waals surface area contributed by atoms with Gasteiger partial charge in [-0.1, -0.05) is 31.0 Å². The number of hydrogen-bond acceptors (Lipinski definition) is 3. The Morgan fingerprint density at radius 2 is 1.67 bits per heavy atom. The second kappa shape index (κ2) is 10.7. The molecule has 1 aromatic rings. The van der Waals surface area contributed by atoms with E-state index in [2.05, 4.69) is 16.0 Å². The quantitative estimate of drug-likeness (QED) is 0.520. The molecule has 0 aromatic heterocycles.